The van der Waals surface area contributed by atoms with E-state index in [-0.39, 0.29) is 5.91 Å². The molecular formula is C16H20N4O. The largest absolute Gasteiger partial charge is 0.354 e. The van der Waals surface area contributed by atoms with Crippen molar-refractivity contribution in [2.45, 2.75) is 26.3 Å². The highest BCUT2D eigenvalue weighted by Gasteiger charge is 2.08. The number of nitrogens with one attached hydrogen (secondary N) is 2. The van der Waals surface area contributed by atoms with Crippen molar-refractivity contribution in [3.63, 3.8) is 0 Å². The molecule has 0 saturated heterocycles. The number of unbranched alkanes of at least 4 members (excludes halogenated alkanes) is 1. The molecule has 5 nitrogen and oxygen atoms in total. The third-order valence-corrected chi connectivity index (χ3v) is 3.00. The number of carbonyl (C=O) groups is 1. The molecule has 0 atom stereocenters. The van der Waals surface area contributed by atoms with Crippen LogP contribution in [0.5, 0.6) is 0 Å². The highest BCUT2D eigenvalue weighted by molar-refractivity contribution is 5.92. The van der Waals surface area contributed by atoms with Crippen molar-refractivity contribution >= 4 is 11.9 Å². The van der Waals surface area contributed by atoms with Crippen LogP contribution in [0.15, 0.2) is 42.6 Å². The quantitative estimate of drug-likeness (QED) is 0.767. The number of rotatable bonds is 7. The van der Waals surface area contributed by atoms with Crippen molar-refractivity contribution in [3.05, 3.63) is 53.9 Å². The molecule has 0 aliphatic rings. The number of anilines is 1. The Morgan fingerprint density at radius 1 is 1.19 bits per heavy atom. The number of hydrogen-bond acceptors (Lipinski definition) is 4. The topological polar surface area (TPSA) is 66.9 Å². The van der Waals surface area contributed by atoms with Gasteiger partial charge in [-0.3, -0.25) is 4.79 Å². The number of amides is 1. The summed E-state index contributed by atoms with van der Waals surface area (Å²) in [5.41, 5.74) is 1.43. The maximum Gasteiger partial charge on any atom is 0.270 e. The van der Waals surface area contributed by atoms with Gasteiger partial charge in [-0.1, -0.05) is 43.7 Å². The zero-order chi connectivity index (χ0) is 14.9. The SMILES string of the molecule is CCCCNc1nccc(C(=O)NCc2ccccc2)n1. The molecule has 0 bridgehead atoms. The van der Waals surface area contributed by atoms with E-state index >= 15 is 0 Å². The summed E-state index contributed by atoms with van der Waals surface area (Å²) in [6, 6.07) is 11.4. The first kappa shape index (κ1) is 15.0. The average Bonchev–Trinajstić information content (AvgIpc) is 2.54. The third-order valence-electron chi connectivity index (χ3n) is 3.00. The van der Waals surface area contributed by atoms with E-state index in [1.807, 2.05) is 30.3 Å². The van der Waals surface area contributed by atoms with Gasteiger partial charge in [-0.15, -0.1) is 0 Å². The van der Waals surface area contributed by atoms with E-state index in [4.69, 9.17) is 0 Å². The summed E-state index contributed by atoms with van der Waals surface area (Å²) < 4.78 is 0. The second kappa shape index (κ2) is 7.99. The molecule has 0 saturated carbocycles. The Balaban J connectivity index is 1.91. The summed E-state index contributed by atoms with van der Waals surface area (Å²) in [4.78, 5) is 20.4. The van der Waals surface area contributed by atoms with Gasteiger partial charge >= 0.3 is 0 Å². The van der Waals surface area contributed by atoms with Crippen molar-refractivity contribution in [2.75, 3.05) is 11.9 Å². The van der Waals surface area contributed by atoms with Crippen molar-refractivity contribution < 1.29 is 4.79 Å². The minimum Gasteiger partial charge on any atom is -0.354 e. The van der Waals surface area contributed by atoms with Crippen LogP contribution in [0.25, 0.3) is 0 Å². The van der Waals surface area contributed by atoms with Gasteiger partial charge in [0.05, 0.1) is 0 Å². The highest BCUT2D eigenvalue weighted by atomic mass is 16.1. The first-order chi connectivity index (χ1) is 10.3. The van der Waals surface area contributed by atoms with Crippen LogP contribution < -0.4 is 10.6 Å². The zero-order valence-electron chi connectivity index (χ0n) is 12.2. The molecule has 1 amide bonds. The smallest absolute Gasteiger partial charge is 0.270 e. The van der Waals surface area contributed by atoms with Gasteiger partial charge in [0.1, 0.15) is 5.69 Å². The molecule has 1 aromatic heterocycles. The lowest BCUT2D eigenvalue weighted by Crippen LogP contribution is -2.24. The van der Waals surface area contributed by atoms with Gasteiger partial charge in [-0.25, -0.2) is 9.97 Å². The lowest BCUT2D eigenvalue weighted by Gasteiger charge is -2.07. The first-order valence-corrected chi connectivity index (χ1v) is 7.18. The summed E-state index contributed by atoms with van der Waals surface area (Å²) in [5, 5.41) is 5.97. The molecule has 110 valence electrons. The number of benzene rings is 1. The predicted octanol–water partition coefficient (Wildman–Crippen LogP) is 2.62. The van der Waals surface area contributed by atoms with Crippen molar-refractivity contribution in [1.29, 1.82) is 0 Å². The molecule has 0 unspecified atom stereocenters. The van der Waals surface area contributed by atoms with Gasteiger partial charge in [0, 0.05) is 19.3 Å². The van der Waals surface area contributed by atoms with Crippen LogP contribution in [0.3, 0.4) is 0 Å². The molecule has 21 heavy (non-hydrogen) atoms. The van der Waals surface area contributed by atoms with Gasteiger partial charge in [0.25, 0.3) is 5.91 Å². The molecule has 0 aliphatic carbocycles. The van der Waals surface area contributed by atoms with E-state index in [9.17, 15) is 4.79 Å². The summed E-state index contributed by atoms with van der Waals surface area (Å²) in [5.74, 6) is 0.301. The van der Waals surface area contributed by atoms with Crippen LogP contribution in [0.1, 0.15) is 35.8 Å². The maximum atomic E-state index is 12.1. The van der Waals surface area contributed by atoms with Crippen LogP contribution in [-0.4, -0.2) is 22.4 Å². The maximum absolute atomic E-state index is 12.1. The third kappa shape index (κ3) is 4.87. The molecule has 2 N–H and O–H groups in total. The normalized spacial score (nSPS) is 10.1. The van der Waals surface area contributed by atoms with Crippen LogP contribution in [0.2, 0.25) is 0 Å². The molecule has 5 heteroatoms. The summed E-state index contributed by atoms with van der Waals surface area (Å²) >= 11 is 0. The van der Waals surface area contributed by atoms with E-state index in [0.29, 0.717) is 18.2 Å². The van der Waals surface area contributed by atoms with E-state index in [2.05, 4.69) is 27.5 Å². The Morgan fingerprint density at radius 2 is 2.00 bits per heavy atom. The second-order valence-electron chi connectivity index (χ2n) is 4.71. The average molecular weight is 284 g/mol. The molecule has 1 heterocycles. The van der Waals surface area contributed by atoms with E-state index < -0.39 is 0 Å². The number of carbonyl (C=O) groups excluding carboxylic acids is 1. The van der Waals surface area contributed by atoms with E-state index in [0.717, 1.165) is 24.9 Å². The van der Waals surface area contributed by atoms with Crippen molar-refractivity contribution in [1.82, 2.24) is 15.3 Å². The Labute approximate surface area is 124 Å². The standard InChI is InChI=1S/C16H20N4O/c1-2-3-10-17-16-18-11-9-14(20-16)15(21)19-12-13-7-5-4-6-8-13/h4-9,11H,2-3,10,12H2,1H3,(H,19,21)(H,17,18,20). The van der Waals surface area contributed by atoms with Crippen LogP contribution >= 0.6 is 0 Å². The van der Waals surface area contributed by atoms with Crippen LogP contribution in [0, 0.1) is 0 Å². The summed E-state index contributed by atoms with van der Waals surface area (Å²) in [6.45, 7) is 3.42. The van der Waals surface area contributed by atoms with Crippen molar-refractivity contribution in [2.24, 2.45) is 0 Å². The Kier molecular flexibility index (Phi) is 5.70. The fraction of sp³-hybridized carbons (Fsp3) is 0.312. The number of hydrogen-bond donors (Lipinski definition) is 2. The molecule has 1 aromatic carbocycles. The van der Waals surface area contributed by atoms with Gasteiger partial charge in [0.15, 0.2) is 0 Å². The zero-order valence-corrected chi connectivity index (χ0v) is 12.2. The highest BCUT2D eigenvalue weighted by Crippen LogP contribution is 2.03. The van der Waals surface area contributed by atoms with Crippen LogP contribution in [0.4, 0.5) is 5.95 Å². The fourth-order valence-electron chi connectivity index (χ4n) is 1.82. The second-order valence-corrected chi connectivity index (χ2v) is 4.71. The first-order valence-electron chi connectivity index (χ1n) is 7.18. The van der Waals surface area contributed by atoms with Gasteiger partial charge < -0.3 is 10.6 Å². The molecule has 0 fully saturated rings. The Hall–Kier alpha value is -2.43. The van der Waals surface area contributed by atoms with Crippen molar-refractivity contribution in [3.8, 4) is 0 Å². The van der Waals surface area contributed by atoms with Gasteiger partial charge in [0.2, 0.25) is 5.95 Å². The van der Waals surface area contributed by atoms with E-state index in [1.54, 1.807) is 12.3 Å². The van der Waals surface area contributed by atoms with E-state index in [1.165, 1.54) is 0 Å². The van der Waals surface area contributed by atoms with Gasteiger partial charge in [-0.05, 0) is 18.1 Å². The van der Waals surface area contributed by atoms with Crippen LogP contribution in [-0.2, 0) is 6.54 Å². The minimum absolute atomic E-state index is 0.195. The molecule has 0 radical (unpaired) electrons. The molecular weight excluding hydrogens is 264 g/mol. The lowest BCUT2D eigenvalue weighted by atomic mass is 10.2. The minimum atomic E-state index is -0.195. The number of nitrogens with zero attached hydrogens (tertiary/aromatic N) is 2. The molecule has 2 aromatic rings. The summed E-state index contributed by atoms with van der Waals surface area (Å²) in [6.07, 6.45) is 3.75. The fourth-order valence-corrected chi connectivity index (χ4v) is 1.82. The molecule has 0 aliphatic heterocycles. The van der Waals surface area contributed by atoms with Gasteiger partial charge in [-0.2, -0.15) is 0 Å². The Bertz CT molecular complexity index is 571. The monoisotopic (exact) mass is 284 g/mol. The number of aromatic nitrogens is 2. The molecule has 0 spiro atoms. The molecule has 2 rings (SSSR count). The summed E-state index contributed by atoms with van der Waals surface area (Å²) in [7, 11) is 0. The predicted molar refractivity (Wildman–Crippen MR) is 83.0 cm³/mol. The lowest BCUT2D eigenvalue weighted by molar-refractivity contribution is 0.0946. The Morgan fingerprint density at radius 3 is 2.76 bits per heavy atom.